The summed E-state index contributed by atoms with van der Waals surface area (Å²) in [4.78, 5) is 39.3. The second-order valence-corrected chi connectivity index (χ2v) is 9.30. The van der Waals surface area contributed by atoms with E-state index >= 15 is 0 Å². The van der Waals surface area contributed by atoms with Gasteiger partial charge < -0.3 is 20.7 Å². The number of carbonyl (C=O) groups is 3. The minimum absolute atomic E-state index is 0.223. The SMILES string of the molecule is NCCCC[C@H](N[C@@H](CCc1ccccc1)C(=O)O)C(=O)N1Cc2sccc2C[C@@H]1OC(=O)O. The van der Waals surface area contributed by atoms with E-state index in [4.69, 9.17) is 10.5 Å². The summed E-state index contributed by atoms with van der Waals surface area (Å²) in [7, 11) is 0. The number of nitrogens with one attached hydrogen (secondary N) is 1. The molecule has 1 aromatic heterocycles. The van der Waals surface area contributed by atoms with Gasteiger partial charge in [0.05, 0.1) is 12.6 Å². The number of aliphatic carboxylic acids is 1. The van der Waals surface area contributed by atoms with E-state index in [1.54, 1.807) is 0 Å². The second kappa shape index (κ2) is 12.5. The summed E-state index contributed by atoms with van der Waals surface area (Å²) in [6, 6.07) is 9.73. The molecule has 2 heterocycles. The maximum atomic E-state index is 13.6. The van der Waals surface area contributed by atoms with Gasteiger partial charge in [-0.15, -0.1) is 11.3 Å². The fraction of sp³-hybridized carbons (Fsp3) is 0.458. The van der Waals surface area contributed by atoms with Crippen molar-refractivity contribution in [3.8, 4) is 0 Å². The Labute approximate surface area is 202 Å². The number of carbonyl (C=O) groups excluding carboxylic acids is 1. The Bertz CT molecular complexity index is 967. The van der Waals surface area contributed by atoms with Gasteiger partial charge in [-0.2, -0.15) is 0 Å². The Hall–Kier alpha value is -2.95. The van der Waals surface area contributed by atoms with Crippen LogP contribution >= 0.6 is 11.3 Å². The quantitative estimate of drug-likeness (QED) is 0.263. The number of benzene rings is 1. The molecule has 1 amide bonds. The maximum Gasteiger partial charge on any atom is 0.507 e. The van der Waals surface area contributed by atoms with Gasteiger partial charge in [-0.3, -0.25) is 19.8 Å². The zero-order valence-corrected chi connectivity index (χ0v) is 19.7. The fourth-order valence-electron chi connectivity index (χ4n) is 4.13. The lowest BCUT2D eigenvalue weighted by molar-refractivity contribution is -0.148. The molecule has 0 fully saturated rings. The van der Waals surface area contributed by atoms with E-state index in [-0.39, 0.29) is 18.9 Å². The van der Waals surface area contributed by atoms with Gasteiger partial charge >= 0.3 is 12.1 Å². The van der Waals surface area contributed by atoms with Crippen LogP contribution in [0.15, 0.2) is 41.8 Å². The average Bonchev–Trinajstić information content (AvgIpc) is 3.27. The van der Waals surface area contributed by atoms with Gasteiger partial charge in [0, 0.05) is 11.3 Å². The Morgan fingerprint density at radius 3 is 2.56 bits per heavy atom. The number of ether oxygens (including phenoxy) is 1. The van der Waals surface area contributed by atoms with Gasteiger partial charge in [-0.1, -0.05) is 36.8 Å². The normalized spacial score (nSPS) is 17.0. The summed E-state index contributed by atoms with van der Waals surface area (Å²) >= 11 is 1.50. The zero-order valence-electron chi connectivity index (χ0n) is 18.9. The average molecular weight is 490 g/mol. The molecule has 1 aromatic carbocycles. The van der Waals surface area contributed by atoms with E-state index in [0.717, 1.165) is 16.0 Å². The molecule has 5 N–H and O–H groups in total. The molecule has 0 radical (unpaired) electrons. The third kappa shape index (κ3) is 7.02. The molecule has 0 bridgehead atoms. The number of carboxylic acids is 1. The number of amides is 1. The molecule has 184 valence electrons. The number of fused-ring (bicyclic) bond motifs is 1. The molecule has 0 unspecified atom stereocenters. The van der Waals surface area contributed by atoms with Crippen molar-refractivity contribution >= 4 is 29.4 Å². The third-order valence-electron chi connectivity index (χ3n) is 5.92. The van der Waals surface area contributed by atoms with Crippen LogP contribution in [0.2, 0.25) is 0 Å². The van der Waals surface area contributed by atoms with E-state index in [0.29, 0.717) is 38.6 Å². The maximum absolute atomic E-state index is 13.6. The number of hydrogen-bond donors (Lipinski definition) is 4. The van der Waals surface area contributed by atoms with Crippen LogP contribution in [0.4, 0.5) is 4.79 Å². The number of nitrogens with zero attached hydrogens (tertiary/aromatic N) is 1. The van der Waals surface area contributed by atoms with Gasteiger partial charge in [0.1, 0.15) is 6.04 Å². The lowest BCUT2D eigenvalue weighted by Gasteiger charge is -2.37. The predicted octanol–water partition coefficient (Wildman–Crippen LogP) is 2.83. The highest BCUT2D eigenvalue weighted by Crippen LogP contribution is 2.29. The molecule has 0 saturated heterocycles. The first kappa shape index (κ1) is 25.7. The lowest BCUT2D eigenvalue weighted by atomic mass is 10.0. The molecule has 0 aliphatic carbocycles. The van der Waals surface area contributed by atoms with Crippen LogP contribution in [0.1, 0.15) is 41.7 Å². The monoisotopic (exact) mass is 489 g/mol. The van der Waals surface area contributed by atoms with Gasteiger partial charge in [-0.05, 0) is 54.8 Å². The van der Waals surface area contributed by atoms with Gasteiger partial charge in [-0.25, -0.2) is 4.79 Å². The van der Waals surface area contributed by atoms with E-state index in [9.17, 15) is 24.6 Å². The summed E-state index contributed by atoms with van der Waals surface area (Å²) in [5.41, 5.74) is 7.59. The van der Waals surface area contributed by atoms with E-state index in [1.165, 1.54) is 16.2 Å². The summed E-state index contributed by atoms with van der Waals surface area (Å²) in [6.45, 7) is 0.685. The molecule has 3 rings (SSSR count). The summed E-state index contributed by atoms with van der Waals surface area (Å²) in [5, 5.41) is 24.0. The summed E-state index contributed by atoms with van der Waals surface area (Å²) in [6.07, 6.45) is 0.414. The van der Waals surface area contributed by atoms with Crippen molar-refractivity contribution in [3.05, 3.63) is 57.8 Å². The molecule has 1 aliphatic rings. The van der Waals surface area contributed by atoms with Crippen LogP contribution < -0.4 is 11.1 Å². The van der Waals surface area contributed by atoms with Crippen molar-refractivity contribution in [3.63, 3.8) is 0 Å². The second-order valence-electron chi connectivity index (χ2n) is 8.30. The number of unbranched alkanes of at least 4 members (excludes halogenated alkanes) is 1. The molecule has 1 aliphatic heterocycles. The standard InChI is InChI=1S/C24H31N3O6S/c25-12-5-4-8-18(26-19(23(29)30)10-9-16-6-2-1-3-7-16)22(28)27-15-20-17(11-13-34-20)14-21(27)33-24(31)32/h1-3,6-7,11,13,18-19,21,26H,4-5,8-10,12,14-15,25H2,(H,29,30)(H,31,32)/t18-,19-,21-/m0/s1. The first-order valence-corrected chi connectivity index (χ1v) is 12.2. The van der Waals surface area contributed by atoms with Crippen molar-refractivity contribution in [2.45, 2.75) is 63.4 Å². The van der Waals surface area contributed by atoms with Crippen molar-refractivity contribution in [2.24, 2.45) is 5.73 Å². The fourth-order valence-corrected chi connectivity index (χ4v) is 5.04. The van der Waals surface area contributed by atoms with Crippen molar-refractivity contribution in [2.75, 3.05) is 6.54 Å². The largest absolute Gasteiger partial charge is 0.507 e. The number of rotatable bonds is 12. The topological polar surface area (TPSA) is 142 Å². The van der Waals surface area contributed by atoms with Crippen LogP contribution in [0, 0.1) is 0 Å². The van der Waals surface area contributed by atoms with E-state index < -0.39 is 30.4 Å². The molecule has 2 aromatic rings. The lowest BCUT2D eigenvalue weighted by Crippen LogP contribution is -2.56. The Kier molecular flexibility index (Phi) is 9.43. The highest BCUT2D eigenvalue weighted by Gasteiger charge is 2.37. The molecule has 9 nitrogen and oxygen atoms in total. The molecule has 0 saturated carbocycles. The minimum Gasteiger partial charge on any atom is -0.480 e. The van der Waals surface area contributed by atoms with Gasteiger partial charge in [0.2, 0.25) is 5.91 Å². The predicted molar refractivity (Wildman–Crippen MR) is 127 cm³/mol. The molecule has 3 atom stereocenters. The Morgan fingerprint density at radius 2 is 1.88 bits per heavy atom. The molecule has 34 heavy (non-hydrogen) atoms. The number of nitrogens with two attached hydrogens (primary N) is 1. The first-order valence-electron chi connectivity index (χ1n) is 11.4. The molecule has 10 heteroatoms. The van der Waals surface area contributed by atoms with Crippen molar-refractivity contribution in [1.82, 2.24) is 10.2 Å². The highest BCUT2D eigenvalue weighted by molar-refractivity contribution is 7.10. The van der Waals surface area contributed by atoms with Crippen LogP contribution in [-0.4, -0.2) is 58.0 Å². The highest BCUT2D eigenvalue weighted by atomic mass is 32.1. The van der Waals surface area contributed by atoms with Gasteiger partial charge in [0.25, 0.3) is 0 Å². The Morgan fingerprint density at radius 1 is 1.12 bits per heavy atom. The Balaban J connectivity index is 1.77. The van der Waals surface area contributed by atoms with Crippen LogP contribution in [0.5, 0.6) is 0 Å². The number of hydrogen-bond acceptors (Lipinski definition) is 7. The first-order chi connectivity index (χ1) is 16.4. The number of thiophene rings is 1. The van der Waals surface area contributed by atoms with E-state index in [1.807, 2.05) is 41.8 Å². The van der Waals surface area contributed by atoms with Crippen molar-refractivity contribution < 1.29 is 29.3 Å². The van der Waals surface area contributed by atoms with Crippen LogP contribution in [-0.2, 0) is 33.7 Å². The van der Waals surface area contributed by atoms with Gasteiger partial charge in [0.15, 0.2) is 6.23 Å². The zero-order chi connectivity index (χ0) is 24.5. The smallest absolute Gasteiger partial charge is 0.480 e. The molecular weight excluding hydrogens is 458 g/mol. The van der Waals surface area contributed by atoms with Crippen LogP contribution in [0.3, 0.4) is 0 Å². The van der Waals surface area contributed by atoms with E-state index in [2.05, 4.69) is 5.32 Å². The third-order valence-corrected chi connectivity index (χ3v) is 6.87. The minimum atomic E-state index is -1.46. The van der Waals surface area contributed by atoms with Crippen LogP contribution in [0.25, 0.3) is 0 Å². The molecule has 0 spiro atoms. The number of aryl methyl sites for hydroxylation is 1. The summed E-state index contributed by atoms with van der Waals surface area (Å²) < 4.78 is 5.05. The number of carboxylic acid groups (broad SMARTS) is 2. The summed E-state index contributed by atoms with van der Waals surface area (Å²) in [5.74, 6) is -1.40. The van der Waals surface area contributed by atoms with Crippen molar-refractivity contribution in [1.29, 1.82) is 0 Å². The molecular formula is C24H31N3O6S.